The minimum absolute atomic E-state index is 1.16. The average Bonchev–Trinajstić information content (AvgIpc) is 2.34. The van der Waals surface area contributed by atoms with Crippen molar-refractivity contribution in [2.24, 2.45) is 0 Å². The second-order valence-corrected chi connectivity index (χ2v) is 5.13. The Morgan fingerprint density at radius 1 is 1.00 bits per heavy atom. The Labute approximate surface area is 104 Å². The molecule has 0 bridgehead atoms. The van der Waals surface area contributed by atoms with Crippen molar-refractivity contribution in [2.75, 3.05) is 5.75 Å². The Morgan fingerprint density at radius 2 is 1.75 bits per heavy atom. The third kappa shape index (κ3) is 6.73. The van der Waals surface area contributed by atoms with E-state index >= 15 is 0 Å². The molecule has 0 saturated heterocycles. The van der Waals surface area contributed by atoms with Crippen LogP contribution in [0.3, 0.4) is 0 Å². The quantitative estimate of drug-likeness (QED) is 0.425. The van der Waals surface area contributed by atoms with Gasteiger partial charge in [-0.3, -0.25) is 0 Å². The summed E-state index contributed by atoms with van der Waals surface area (Å²) in [7, 11) is 0. The first-order valence-corrected chi connectivity index (χ1v) is 7.31. The van der Waals surface area contributed by atoms with E-state index in [1.54, 1.807) is 0 Å². The monoisotopic (exact) mass is 234 g/mol. The second-order valence-electron chi connectivity index (χ2n) is 4.03. The molecule has 1 rings (SSSR count). The summed E-state index contributed by atoms with van der Waals surface area (Å²) in [6, 6.07) is 10.7. The largest absolute Gasteiger partial charge is 0.157 e. The van der Waals surface area contributed by atoms with Crippen LogP contribution in [0.4, 0.5) is 0 Å². The molecule has 0 atom stereocenters. The molecule has 0 aliphatic heterocycles. The van der Waals surface area contributed by atoms with Crippen LogP contribution in [0.5, 0.6) is 0 Å². The molecule has 0 N–H and O–H groups in total. The molecular weight excluding hydrogens is 212 g/mol. The van der Waals surface area contributed by atoms with E-state index in [0.29, 0.717) is 0 Å². The molecule has 0 aromatic heterocycles. The Balaban J connectivity index is 1.90. The summed E-state index contributed by atoms with van der Waals surface area (Å²) in [5, 5.41) is 0. The lowest BCUT2D eigenvalue weighted by atomic mass is 10.2. The van der Waals surface area contributed by atoms with Gasteiger partial charge in [0.1, 0.15) is 0 Å². The van der Waals surface area contributed by atoms with Crippen LogP contribution >= 0.6 is 11.8 Å². The van der Waals surface area contributed by atoms with Crippen LogP contribution in [-0.4, -0.2) is 5.75 Å². The van der Waals surface area contributed by atoms with Crippen LogP contribution in [0.1, 0.15) is 37.7 Å². The van der Waals surface area contributed by atoms with Gasteiger partial charge in [-0.25, -0.2) is 0 Å². The van der Waals surface area contributed by atoms with Crippen molar-refractivity contribution >= 4 is 11.8 Å². The number of unbranched alkanes of at least 4 members (excludes halogenated alkanes) is 4. The zero-order valence-corrected chi connectivity index (χ0v) is 10.8. The topological polar surface area (TPSA) is 0 Å². The molecule has 0 unspecified atom stereocenters. The normalized spacial score (nSPS) is 10.2. The number of hydrogen-bond acceptors (Lipinski definition) is 1. The van der Waals surface area contributed by atoms with E-state index in [-0.39, 0.29) is 0 Å². The Kier molecular flexibility index (Phi) is 7.97. The van der Waals surface area contributed by atoms with Crippen molar-refractivity contribution in [2.45, 2.75) is 37.9 Å². The van der Waals surface area contributed by atoms with E-state index in [2.05, 4.69) is 36.9 Å². The molecule has 0 heterocycles. The van der Waals surface area contributed by atoms with Crippen LogP contribution in [0.25, 0.3) is 0 Å². The van der Waals surface area contributed by atoms with E-state index in [1.807, 2.05) is 17.8 Å². The van der Waals surface area contributed by atoms with E-state index in [9.17, 15) is 0 Å². The summed E-state index contributed by atoms with van der Waals surface area (Å²) >= 11 is 2.05. The zero-order valence-electron chi connectivity index (χ0n) is 10.0. The smallest absolute Gasteiger partial charge is 0.0184 e. The first-order valence-electron chi connectivity index (χ1n) is 6.16. The molecule has 0 fully saturated rings. The molecule has 0 spiro atoms. The van der Waals surface area contributed by atoms with Crippen LogP contribution in [0, 0.1) is 0 Å². The van der Waals surface area contributed by atoms with Gasteiger partial charge in [0.2, 0.25) is 0 Å². The maximum Gasteiger partial charge on any atom is 0.0184 e. The molecule has 1 heteroatoms. The molecule has 1 aromatic carbocycles. The molecule has 0 radical (unpaired) electrons. The number of allylic oxidation sites excluding steroid dienone is 1. The molecule has 0 nitrogen and oxygen atoms in total. The van der Waals surface area contributed by atoms with Gasteiger partial charge in [-0.15, -0.1) is 6.58 Å². The minimum atomic E-state index is 1.16. The van der Waals surface area contributed by atoms with Crippen molar-refractivity contribution in [3.8, 4) is 0 Å². The summed E-state index contributed by atoms with van der Waals surface area (Å²) in [4.78, 5) is 0. The number of thioether (sulfide) groups is 1. The van der Waals surface area contributed by atoms with Crippen LogP contribution in [-0.2, 0) is 5.75 Å². The number of benzene rings is 1. The third-order valence-corrected chi connectivity index (χ3v) is 3.67. The van der Waals surface area contributed by atoms with Crippen molar-refractivity contribution in [3.63, 3.8) is 0 Å². The van der Waals surface area contributed by atoms with Crippen LogP contribution in [0.2, 0.25) is 0 Å². The summed E-state index contributed by atoms with van der Waals surface area (Å²) in [5.41, 5.74) is 1.44. The standard InChI is InChI=1S/C15H22S/c1-2-3-4-5-6-10-13-16-14-15-11-8-7-9-12-15/h2,7-9,11-12H,1,3-6,10,13-14H2. The summed E-state index contributed by atoms with van der Waals surface area (Å²) < 4.78 is 0. The Hall–Kier alpha value is -0.690. The van der Waals surface area contributed by atoms with E-state index in [1.165, 1.54) is 43.4 Å². The van der Waals surface area contributed by atoms with Gasteiger partial charge in [-0.2, -0.15) is 11.8 Å². The highest BCUT2D eigenvalue weighted by atomic mass is 32.2. The van der Waals surface area contributed by atoms with Crippen molar-refractivity contribution in [3.05, 3.63) is 48.6 Å². The van der Waals surface area contributed by atoms with E-state index in [4.69, 9.17) is 0 Å². The highest BCUT2D eigenvalue weighted by Gasteiger charge is 1.93. The van der Waals surface area contributed by atoms with Gasteiger partial charge in [-0.1, -0.05) is 49.2 Å². The lowest BCUT2D eigenvalue weighted by molar-refractivity contribution is 0.678. The second kappa shape index (κ2) is 9.53. The van der Waals surface area contributed by atoms with Crippen molar-refractivity contribution < 1.29 is 0 Å². The van der Waals surface area contributed by atoms with Crippen molar-refractivity contribution in [1.29, 1.82) is 0 Å². The fourth-order valence-corrected chi connectivity index (χ4v) is 2.59. The number of hydrogen-bond donors (Lipinski definition) is 0. The third-order valence-electron chi connectivity index (χ3n) is 2.56. The zero-order chi connectivity index (χ0) is 11.5. The molecule has 1 aromatic rings. The number of rotatable bonds is 9. The van der Waals surface area contributed by atoms with Gasteiger partial charge in [0.15, 0.2) is 0 Å². The van der Waals surface area contributed by atoms with Gasteiger partial charge < -0.3 is 0 Å². The van der Waals surface area contributed by atoms with Crippen LogP contribution in [0.15, 0.2) is 43.0 Å². The molecule has 16 heavy (non-hydrogen) atoms. The summed E-state index contributed by atoms with van der Waals surface area (Å²) in [6.45, 7) is 3.74. The SMILES string of the molecule is C=CCCCCCCSCc1ccccc1. The maximum absolute atomic E-state index is 3.74. The van der Waals surface area contributed by atoms with Gasteiger partial charge in [-0.05, 0) is 30.6 Å². The molecule has 88 valence electrons. The highest BCUT2D eigenvalue weighted by Crippen LogP contribution is 2.14. The van der Waals surface area contributed by atoms with E-state index in [0.717, 1.165) is 5.75 Å². The fraction of sp³-hybridized carbons (Fsp3) is 0.467. The van der Waals surface area contributed by atoms with E-state index < -0.39 is 0 Å². The first kappa shape index (κ1) is 13.4. The fourth-order valence-electron chi connectivity index (χ4n) is 1.61. The van der Waals surface area contributed by atoms with Gasteiger partial charge in [0, 0.05) is 5.75 Å². The predicted molar refractivity (Wildman–Crippen MR) is 75.9 cm³/mol. The highest BCUT2D eigenvalue weighted by molar-refractivity contribution is 7.98. The lowest BCUT2D eigenvalue weighted by Gasteiger charge is -2.02. The first-order chi connectivity index (χ1) is 7.93. The predicted octanol–water partition coefficient (Wildman–Crippen LogP) is 5.06. The maximum atomic E-state index is 3.74. The summed E-state index contributed by atoms with van der Waals surface area (Å²) in [6.07, 6.45) is 8.59. The summed E-state index contributed by atoms with van der Waals surface area (Å²) in [5.74, 6) is 2.45. The van der Waals surface area contributed by atoms with Gasteiger partial charge in [0.25, 0.3) is 0 Å². The molecule has 0 amide bonds. The lowest BCUT2D eigenvalue weighted by Crippen LogP contribution is -1.84. The Morgan fingerprint density at radius 3 is 2.50 bits per heavy atom. The van der Waals surface area contributed by atoms with Gasteiger partial charge in [0.05, 0.1) is 0 Å². The Bertz CT molecular complexity index is 266. The molecule has 0 aliphatic carbocycles. The molecular formula is C15H22S. The molecule has 0 saturated carbocycles. The minimum Gasteiger partial charge on any atom is -0.157 e. The van der Waals surface area contributed by atoms with Crippen LogP contribution < -0.4 is 0 Å². The molecule has 0 aliphatic rings. The van der Waals surface area contributed by atoms with Crippen molar-refractivity contribution in [1.82, 2.24) is 0 Å². The van der Waals surface area contributed by atoms with Gasteiger partial charge >= 0.3 is 0 Å². The average molecular weight is 234 g/mol.